The van der Waals surface area contributed by atoms with Crippen LogP contribution in [0.15, 0.2) is 0 Å². The first kappa shape index (κ1) is 15.7. The van der Waals surface area contributed by atoms with Gasteiger partial charge >= 0.3 is 0 Å². The summed E-state index contributed by atoms with van der Waals surface area (Å²) in [5, 5.41) is 16.5. The van der Waals surface area contributed by atoms with Gasteiger partial charge in [0.25, 0.3) is 0 Å². The average Bonchev–Trinajstić information content (AvgIpc) is 2.60. The van der Waals surface area contributed by atoms with E-state index in [0.29, 0.717) is 25.6 Å². The zero-order chi connectivity index (χ0) is 14.8. The van der Waals surface area contributed by atoms with Gasteiger partial charge in [0.2, 0.25) is 5.91 Å². The molecule has 1 saturated heterocycles. The molecule has 2 rings (SSSR count). The third-order valence-corrected chi connectivity index (χ3v) is 4.03. The van der Waals surface area contributed by atoms with E-state index in [1.807, 2.05) is 20.8 Å². The third-order valence-electron chi connectivity index (χ3n) is 4.03. The van der Waals surface area contributed by atoms with Gasteiger partial charge in [0.15, 0.2) is 0 Å². The Bertz CT molecular complexity index is 337. The van der Waals surface area contributed by atoms with Crippen molar-refractivity contribution in [3.05, 3.63) is 0 Å². The van der Waals surface area contributed by atoms with E-state index in [4.69, 9.17) is 4.74 Å². The molecule has 2 aliphatic rings. The first-order chi connectivity index (χ1) is 9.35. The van der Waals surface area contributed by atoms with Crippen molar-refractivity contribution in [1.29, 1.82) is 0 Å². The van der Waals surface area contributed by atoms with Crippen molar-refractivity contribution in [3.8, 4) is 0 Å². The number of hydrogen-bond acceptors (Lipinski definition) is 4. The second kappa shape index (κ2) is 6.41. The highest BCUT2D eigenvalue weighted by molar-refractivity contribution is 5.76. The second-order valence-electron chi connectivity index (χ2n) is 7.30. The molecule has 1 heterocycles. The first-order valence-corrected chi connectivity index (χ1v) is 7.67. The van der Waals surface area contributed by atoms with E-state index >= 15 is 0 Å². The number of aliphatic hydroxyl groups excluding tert-OH is 1. The Hall–Kier alpha value is -0.650. The molecule has 1 aliphatic carbocycles. The minimum atomic E-state index is -0.537. The van der Waals surface area contributed by atoms with Gasteiger partial charge in [-0.2, -0.15) is 0 Å². The van der Waals surface area contributed by atoms with Crippen molar-refractivity contribution in [2.24, 2.45) is 5.41 Å². The summed E-state index contributed by atoms with van der Waals surface area (Å²) in [6.07, 6.45) is 3.31. The number of amides is 1. The molecule has 20 heavy (non-hydrogen) atoms. The molecule has 0 unspecified atom stereocenters. The zero-order valence-electron chi connectivity index (χ0n) is 12.8. The molecule has 5 heteroatoms. The molecular weight excluding hydrogens is 256 g/mol. The molecule has 0 radical (unpaired) electrons. The van der Waals surface area contributed by atoms with Crippen LogP contribution < -0.4 is 10.6 Å². The maximum Gasteiger partial charge on any atom is 0.220 e. The molecule has 5 nitrogen and oxygen atoms in total. The standard InChI is InChI=1S/C15H28N2O3/c1-15(2,3)7-13(18)16-8-12-14(19)11(9-20-12)17-10-5-4-6-10/h10-12,14,17,19H,4-9H2,1-3H3,(H,16,18)/t11-,12-,14+/m1/s1. The fourth-order valence-electron chi connectivity index (χ4n) is 2.65. The van der Waals surface area contributed by atoms with Crippen LogP contribution in [0.2, 0.25) is 0 Å². The quantitative estimate of drug-likeness (QED) is 0.699. The van der Waals surface area contributed by atoms with Crippen LogP contribution >= 0.6 is 0 Å². The number of carbonyl (C=O) groups excluding carboxylic acids is 1. The Morgan fingerprint density at radius 3 is 2.60 bits per heavy atom. The first-order valence-electron chi connectivity index (χ1n) is 7.67. The summed E-state index contributed by atoms with van der Waals surface area (Å²) in [6, 6.07) is 0.539. The van der Waals surface area contributed by atoms with E-state index in [0.717, 1.165) is 0 Å². The third kappa shape index (κ3) is 4.43. The summed E-state index contributed by atoms with van der Waals surface area (Å²) in [7, 11) is 0. The lowest BCUT2D eigenvalue weighted by Gasteiger charge is -2.30. The van der Waals surface area contributed by atoms with E-state index in [9.17, 15) is 9.90 Å². The van der Waals surface area contributed by atoms with Crippen LogP contribution in [-0.2, 0) is 9.53 Å². The minimum Gasteiger partial charge on any atom is -0.389 e. The normalized spacial score (nSPS) is 31.1. The highest BCUT2D eigenvalue weighted by Gasteiger charge is 2.37. The summed E-state index contributed by atoms with van der Waals surface area (Å²) in [4.78, 5) is 11.8. The smallest absolute Gasteiger partial charge is 0.220 e. The summed E-state index contributed by atoms with van der Waals surface area (Å²) in [6.45, 7) is 7.01. The molecule has 2 fully saturated rings. The molecule has 0 aromatic rings. The fraction of sp³-hybridized carbons (Fsp3) is 0.933. The molecule has 0 aromatic heterocycles. The highest BCUT2D eigenvalue weighted by atomic mass is 16.5. The maximum absolute atomic E-state index is 11.8. The molecule has 1 amide bonds. The van der Waals surface area contributed by atoms with Crippen molar-refractivity contribution in [2.45, 2.75) is 70.7 Å². The van der Waals surface area contributed by atoms with Gasteiger partial charge in [0.1, 0.15) is 6.10 Å². The van der Waals surface area contributed by atoms with Crippen LogP contribution in [0.5, 0.6) is 0 Å². The number of aliphatic hydroxyl groups is 1. The van der Waals surface area contributed by atoms with Gasteiger partial charge in [-0.05, 0) is 18.3 Å². The Labute approximate surface area is 121 Å². The van der Waals surface area contributed by atoms with Crippen molar-refractivity contribution in [2.75, 3.05) is 13.2 Å². The minimum absolute atomic E-state index is 0.00446. The van der Waals surface area contributed by atoms with Crippen molar-refractivity contribution >= 4 is 5.91 Å². The Balaban J connectivity index is 1.69. The molecule has 116 valence electrons. The number of ether oxygens (including phenoxy) is 1. The lowest BCUT2D eigenvalue weighted by Crippen LogP contribution is -2.50. The van der Waals surface area contributed by atoms with E-state index in [2.05, 4.69) is 10.6 Å². The van der Waals surface area contributed by atoms with E-state index in [-0.39, 0.29) is 23.5 Å². The molecule has 0 spiro atoms. The monoisotopic (exact) mass is 284 g/mol. The number of nitrogens with one attached hydrogen (secondary N) is 2. The van der Waals surface area contributed by atoms with Gasteiger partial charge in [-0.3, -0.25) is 4.79 Å². The molecule has 1 saturated carbocycles. The molecule has 1 aliphatic heterocycles. The van der Waals surface area contributed by atoms with E-state index in [1.54, 1.807) is 0 Å². The molecule has 3 atom stereocenters. The van der Waals surface area contributed by atoms with Crippen LogP contribution in [-0.4, -0.2) is 48.5 Å². The zero-order valence-corrected chi connectivity index (χ0v) is 12.8. The molecule has 0 aromatic carbocycles. The van der Waals surface area contributed by atoms with Gasteiger partial charge < -0.3 is 20.5 Å². The van der Waals surface area contributed by atoms with Gasteiger partial charge in [-0.25, -0.2) is 0 Å². The summed E-state index contributed by atoms with van der Waals surface area (Å²) in [5.74, 6) is 0.0173. The van der Waals surface area contributed by atoms with Gasteiger partial charge in [0.05, 0.1) is 18.8 Å². The Kier molecular flexibility index (Phi) is 5.04. The summed E-state index contributed by atoms with van der Waals surface area (Å²) in [5.41, 5.74) is -0.0203. The second-order valence-corrected chi connectivity index (χ2v) is 7.30. The van der Waals surface area contributed by atoms with Gasteiger partial charge in [0, 0.05) is 19.0 Å². The van der Waals surface area contributed by atoms with E-state index < -0.39 is 6.10 Å². The van der Waals surface area contributed by atoms with Crippen LogP contribution in [0, 0.1) is 5.41 Å². The van der Waals surface area contributed by atoms with Crippen molar-refractivity contribution < 1.29 is 14.6 Å². The summed E-state index contributed by atoms with van der Waals surface area (Å²) >= 11 is 0. The van der Waals surface area contributed by atoms with Gasteiger partial charge in [-0.1, -0.05) is 27.2 Å². The van der Waals surface area contributed by atoms with Gasteiger partial charge in [-0.15, -0.1) is 0 Å². The lowest BCUT2D eigenvalue weighted by atomic mass is 9.91. The van der Waals surface area contributed by atoms with Crippen LogP contribution in [0.25, 0.3) is 0 Å². The number of hydrogen-bond donors (Lipinski definition) is 3. The molecule has 0 bridgehead atoms. The molecule has 3 N–H and O–H groups in total. The van der Waals surface area contributed by atoms with Crippen LogP contribution in [0.4, 0.5) is 0 Å². The largest absolute Gasteiger partial charge is 0.389 e. The number of rotatable bonds is 5. The fourth-order valence-corrected chi connectivity index (χ4v) is 2.65. The van der Waals surface area contributed by atoms with Crippen LogP contribution in [0.3, 0.4) is 0 Å². The molecular formula is C15H28N2O3. The van der Waals surface area contributed by atoms with Crippen molar-refractivity contribution in [3.63, 3.8) is 0 Å². The SMILES string of the molecule is CC(C)(C)CC(=O)NC[C@H]1OC[C@@H](NC2CCC2)[C@@H]1O. The number of carbonyl (C=O) groups is 1. The highest BCUT2D eigenvalue weighted by Crippen LogP contribution is 2.22. The summed E-state index contributed by atoms with van der Waals surface area (Å²) < 4.78 is 5.60. The van der Waals surface area contributed by atoms with Crippen LogP contribution in [0.1, 0.15) is 46.5 Å². The lowest BCUT2D eigenvalue weighted by molar-refractivity contribution is -0.123. The Morgan fingerprint density at radius 2 is 2.05 bits per heavy atom. The Morgan fingerprint density at radius 1 is 1.35 bits per heavy atom. The van der Waals surface area contributed by atoms with Crippen molar-refractivity contribution in [1.82, 2.24) is 10.6 Å². The maximum atomic E-state index is 11.8. The predicted octanol–water partition coefficient (Wildman–Crippen LogP) is 0.809. The topological polar surface area (TPSA) is 70.6 Å². The van der Waals surface area contributed by atoms with E-state index in [1.165, 1.54) is 19.3 Å². The predicted molar refractivity (Wildman–Crippen MR) is 77.4 cm³/mol. The average molecular weight is 284 g/mol.